The second kappa shape index (κ2) is 11.3. The summed E-state index contributed by atoms with van der Waals surface area (Å²) < 4.78 is 5.50. The fourth-order valence-electron chi connectivity index (χ4n) is 3.61. The fraction of sp³-hybridized carbons (Fsp3) is 0.111. The van der Waals surface area contributed by atoms with Gasteiger partial charge in [0.15, 0.2) is 12.4 Å². The van der Waals surface area contributed by atoms with Gasteiger partial charge in [-0.15, -0.1) is 0 Å². The van der Waals surface area contributed by atoms with E-state index >= 15 is 0 Å². The first-order valence-electron chi connectivity index (χ1n) is 11.2. The summed E-state index contributed by atoms with van der Waals surface area (Å²) in [5, 5.41) is 5.24. The molecule has 4 rings (SSSR count). The van der Waals surface area contributed by atoms with Gasteiger partial charge in [0.05, 0.1) is 26.4 Å². The summed E-state index contributed by atoms with van der Waals surface area (Å²) in [6.07, 6.45) is 1.27. The number of nitrogens with zero attached hydrogens (tertiary/aromatic N) is 1. The summed E-state index contributed by atoms with van der Waals surface area (Å²) >= 11 is 18.7. The number of amides is 5. The van der Waals surface area contributed by atoms with Gasteiger partial charge >= 0.3 is 6.03 Å². The van der Waals surface area contributed by atoms with E-state index in [1.165, 1.54) is 18.2 Å². The van der Waals surface area contributed by atoms with Gasteiger partial charge in [0.25, 0.3) is 17.7 Å². The van der Waals surface area contributed by atoms with Crippen molar-refractivity contribution in [2.24, 2.45) is 0 Å². The number of para-hydroxylation sites is 1. The summed E-state index contributed by atoms with van der Waals surface area (Å²) in [6.45, 7) is 3.35. The molecule has 0 radical (unpaired) electrons. The van der Waals surface area contributed by atoms with E-state index in [9.17, 15) is 19.2 Å². The summed E-state index contributed by atoms with van der Waals surface area (Å²) in [5.74, 6) is -2.11. The average Bonchev–Trinajstić information content (AvgIpc) is 2.85. The van der Waals surface area contributed by atoms with Crippen molar-refractivity contribution in [2.75, 3.05) is 16.8 Å². The Hall–Kier alpha value is -3.85. The lowest BCUT2D eigenvalue weighted by Crippen LogP contribution is -2.54. The van der Waals surface area contributed by atoms with Crippen molar-refractivity contribution in [1.29, 1.82) is 0 Å². The van der Waals surface area contributed by atoms with Crippen LogP contribution in [0.2, 0.25) is 15.1 Å². The van der Waals surface area contributed by atoms with Crippen LogP contribution < -0.4 is 20.3 Å². The number of hydrogen-bond acceptors (Lipinski definition) is 5. The van der Waals surface area contributed by atoms with Crippen molar-refractivity contribution in [3.8, 4) is 5.75 Å². The Balaban J connectivity index is 1.54. The second-order valence-electron chi connectivity index (χ2n) is 8.36. The molecule has 2 N–H and O–H groups in total. The van der Waals surface area contributed by atoms with E-state index in [1.54, 1.807) is 42.5 Å². The highest BCUT2D eigenvalue weighted by Crippen LogP contribution is 2.35. The number of rotatable bonds is 6. The molecule has 1 heterocycles. The molecule has 8 nitrogen and oxygen atoms in total. The molecule has 38 heavy (non-hydrogen) atoms. The number of halogens is 3. The van der Waals surface area contributed by atoms with Gasteiger partial charge in [-0.05, 0) is 73.0 Å². The number of urea groups is 1. The SMILES string of the molecule is Cc1ccc(N2C(=O)NC(=O)/C(=C/c3cc(Cl)c(OCC(=O)Nc4ccccc4Cl)c(Cl)c3)C2=O)cc1C. The maximum Gasteiger partial charge on any atom is 0.335 e. The first-order valence-corrected chi connectivity index (χ1v) is 12.3. The number of anilines is 2. The van der Waals surface area contributed by atoms with Crippen LogP contribution >= 0.6 is 34.8 Å². The van der Waals surface area contributed by atoms with Crippen LogP contribution in [0.25, 0.3) is 6.08 Å². The van der Waals surface area contributed by atoms with Crippen LogP contribution in [-0.4, -0.2) is 30.4 Å². The van der Waals surface area contributed by atoms with E-state index in [0.29, 0.717) is 22.0 Å². The largest absolute Gasteiger partial charge is 0.481 e. The number of hydrogen-bond donors (Lipinski definition) is 2. The third-order valence-corrected chi connectivity index (χ3v) is 6.57. The van der Waals surface area contributed by atoms with E-state index < -0.39 is 30.4 Å². The first kappa shape index (κ1) is 27.2. The molecular formula is C27H20Cl3N3O5. The molecule has 0 atom stereocenters. The molecule has 0 bridgehead atoms. The van der Waals surface area contributed by atoms with E-state index in [4.69, 9.17) is 39.5 Å². The van der Waals surface area contributed by atoms with Gasteiger partial charge in [-0.3, -0.25) is 19.7 Å². The lowest BCUT2D eigenvalue weighted by atomic mass is 10.0. The molecule has 3 aromatic rings. The Kier molecular flexibility index (Phi) is 8.06. The number of ether oxygens (including phenoxy) is 1. The normalized spacial score (nSPS) is 14.5. The maximum absolute atomic E-state index is 13.2. The molecule has 1 saturated heterocycles. The minimum Gasteiger partial charge on any atom is -0.481 e. The zero-order valence-corrected chi connectivity index (χ0v) is 22.4. The number of imide groups is 2. The van der Waals surface area contributed by atoms with E-state index in [0.717, 1.165) is 16.0 Å². The summed E-state index contributed by atoms with van der Waals surface area (Å²) in [7, 11) is 0. The molecule has 5 amide bonds. The number of aryl methyl sites for hydroxylation is 2. The molecule has 1 aliphatic heterocycles. The lowest BCUT2D eigenvalue weighted by molar-refractivity contribution is -0.122. The number of benzene rings is 3. The molecule has 0 aliphatic carbocycles. The van der Waals surface area contributed by atoms with Crippen molar-refractivity contribution >= 4 is 76.0 Å². The van der Waals surface area contributed by atoms with Crippen LogP contribution in [0.3, 0.4) is 0 Å². The Labute approximate surface area is 233 Å². The summed E-state index contributed by atoms with van der Waals surface area (Å²) in [5.41, 5.74) is 2.62. The molecule has 0 unspecified atom stereocenters. The molecule has 1 fully saturated rings. The van der Waals surface area contributed by atoms with Gasteiger partial charge in [0.2, 0.25) is 0 Å². The van der Waals surface area contributed by atoms with Crippen LogP contribution in [0.5, 0.6) is 5.75 Å². The van der Waals surface area contributed by atoms with Crippen LogP contribution in [0.4, 0.5) is 16.2 Å². The Morgan fingerprint density at radius 2 is 1.63 bits per heavy atom. The molecular weight excluding hydrogens is 553 g/mol. The molecule has 0 aromatic heterocycles. The third-order valence-electron chi connectivity index (χ3n) is 5.68. The van der Waals surface area contributed by atoms with E-state index in [-0.39, 0.29) is 21.4 Å². The number of carbonyl (C=O) groups excluding carboxylic acids is 4. The van der Waals surface area contributed by atoms with Crippen LogP contribution in [0.1, 0.15) is 16.7 Å². The van der Waals surface area contributed by atoms with Gasteiger partial charge in [0, 0.05) is 0 Å². The zero-order valence-electron chi connectivity index (χ0n) is 20.1. The number of barbiturate groups is 1. The third kappa shape index (κ3) is 5.83. The predicted molar refractivity (Wildman–Crippen MR) is 147 cm³/mol. The standard InChI is InChI=1S/C27H20Cl3N3O5/c1-14-7-8-17(9-15(14)2)33-26(36)18(25(35)32-27(33)37)10-16-11-20(29)24(21(30)12-16)38-13-23(34)31-22-6-4-3-5-19(22)28/h3-12H,13H2,1-2H3,(H,31,34)(H,32,35,37)/b18-10-. The van der Waals surface area contributed by atoms with Gasteiger partial charge in [-0.25, -0.2) is 9.69 Å². The fourth-order valence-corrected chi connectivity index (χ4v) is 4.41. The van der Waals surface area contributed by atoms with Crippen molar-refractivity contribution < 1.29 is 23.9 Å². The van der Waals surface area contributed by atoms with E-state index in [2.05, 4.69) is 10.6 Å². The van der Waals surface area contributed by atoms with Crippen LogP contribution in [0, 0.1) is 13.8 Å². The van der Waals surface area contributed by atoms with Gasteiger partial charge in [-0.1, -0.05) is 53.0 Å². The maximum atomic E-state index is 13.2. The molecule has 194 valence electrons. The van der Waals surface area contributed by atoms with Gasteiger partial charge in [-0.2, -0.15) is 0 Å². The second-order valence-corrected chi connectivity index (χ2v) is 9.58. The highest BCUT2D eigenvalue weighted by atomic mass is 35.5. The molecule has 11 heteroatoms. The Morgan fingerprint density at radius 1 is 0.947 bits per heavy atom. The van der Waals surface area contributed by atoms with Crippen molar-refractivity contribution in [2.45, 2.75) is 13.8 Å². The van der Waals surface area contributed by atoms with Crippen molar-refractivity contribution in [1.82, 2.24) is 5.32 Å². The minimum atomic E-state index is -0.858. The first-order chi connectivity index (χ1) is 18.0. The average molecular weight is 573 g/mol. The van der Waals surface area contributed by atoms with Crippen molar-refractivity contribution in [3.63, 3.8) is 0 Å². The monoisotopic (exact) mass is 571 g/mol. The highest BCUT2D eigenvalue weighted by molar-refractivity contribution is 6.40. The Morgan fingerprint density at radius 3 is 2.29 bits per heavy atom. The smallest absolute Gasteiger partial charge is 0.335 e. The molecule has 1 aliphatic rings. The molecule has 0 saturated carbocycles. The highest BCUT2D eigenvalue weighted by Gasteiger charge is 2.37. The lowest BCUT2D eigenvalue weighted by Gasteiger charge is -2.27. The molecule has 0 spiro atoms. The summed E-state index contributed by atoms with van der Waals surface area (Å²) in [6, 6.07) is 13.8. The van der Waals surface area contributed by atoms with Crippen LogP contribution in [0.15, 0.2) is 60.2 Å². The van der Waals surface area contributed by atoms with Crippen molar-refractivity contribution in [3.05, 3.63) is 91.9 Å². The zero-order chi connectivity index (χ0) is 27.6. The van der Waals surface area contributed by atoms with Gasteiger partial charge < -0.3 is 10.1 Å². The summed E-state index contributed by atoms with van der Waals surface area (Å²) in [4.78, 5) is 51.3. The predicted octanol–water partition coefficient (Wildman–Crippen LogP) is 5.95. The quantitative estimate of drug-likeness (QED) is 0.281. The number of carbonyl (C=O) groups is 4. The number of nitrogens with one attached hydrogen (secondary N) is 2. The Bertz CT molecular complexity index is 1500. The molecule has 3 aromatic carbocycles. The van der Waals surface area contributed by atoms with E-state index in [1.807, 2.05) is 13.8 Å². The van der Waals surface area contributed by atoms with Crippen LogP contribution in [-0.2, 0) is 14.4 Å². The van der Waals surface area contributed by atoms with Gasteiger partial charge in [0.1, 0.15) is 5.57 Å². The minimum absolute atomic E-state index is 0.0381. The topological polar surface area (TPSA) is 105 Å².